The molecule has 4 nitrogen and oxygen atoms in total. The molecule has 1 fully saturated rings. The molecule has 1 saturated carbocycles. The van der Waals surface area contributed by atoms with Crippen molar-refractivity contribution in [3.63, 3.8) is 0 Å². The lowest BCUT2D eigenvalue weighted by Gasteiger charge is -2.06. The number of ether oxygens (including phenoxy) is 2. The van der Waals surface area contributed by atoms with Crippen molar-refractivity contribution in [2.75, 3.05) is 7.11 Å². The zero-order chi connectivity index (χ0) is 14.5. The van der Waals surface area contributed by atoms with Crippen molar-refractivity contribution in [3.8, 4) is 5.75 Å². The van der Waals surface area contributed by atoms with Gasteiger partial charge in [0.1, 0.15) is 17.4 Å². The summed E-state index contributed by atoms with van der Waals surface area (Å²) in [5, 5.41) is 6.68. The van der Waals surface area contributed by atoms with E-state index in [-0.39, 0.29) is 0 Å². The van der Waals surface area contributed by atoms with E-state index in [9.17, 15) is 0 Å². The summed E-state index contributed by atoms with van der Waals surface area (Å²) in [6, 6.07) is 8.69. The highest BCUT2D eigenvalue weighted by Crippen LogP contribution is 2.20. The Morgan fingerprint density at radius 1 is 1.33 bits per heavy atom. The van der Waals surface area contributed by atoms with Crippen LogP contribution in [0.3, 0.4) is 0 Å². The maximum absolute atomic E-state index is 5.80. The second kappa shape index (κ2) is 7.02. The van der Waals surface area contributed by atoms with Crippen molar-refractivity contribution in [2.24, 2.45) is 0 Å². The number of rotatable bonds is 8. The van der Waals surface area contributed by atoms with E-state index in [0.29, 0.717) is 13.2 Å². The Bertz CT molecular complexity index is 581. The molecule has 0 atom stereocenters. The van der Waals surface area contributed by atoms with Gasteiger partial charge in [0.25, 0.3) is 0 Å². The lowest BCUT2D eigenvalue weighted by Crippen LogP contribution is -2.15. The van der Waals surface area contributed by atoms with E-state index in [1.54, 1.807) is 18.4 Å². The smallest absolute Gasteiger partial charge is 0.131 e. The van der Waals surface area contributed by atoms with E-state index in [0.717, 1.165) is 34.6 Å². The fourth-order valence-corrected chi connectivity index (χ4v) is 2.79. The molecule has 0 bridgehead atoms. The highest BCUT2D eigenvalue weighted by atomic mass is 32.1. The first-order valence-electron chi connectivity index (χ1n) is 7.21. The van der Waals surface area contributed by atoms with Crippen molar-refractivity contribution in [3.05, 3.63) is 45.9 Å². The van der Waals surface area contributed by atoms with E-state index in [1.165, 1.54) is 12.8 Å². The molecule has 0 unspecified atom stereocenters. The molecule has 2 aromatic rings. The van der Waals surface area contributed by atoms with Crippen molar-refractivity contribution < 1.29 is 9.47 Å². The van der Waals surface area contributed by atoms with Crippen LogP contribution in [0.5, 0.6) is 5.75 Å². The van der Waals surface area contributed by atoms with Gasteiger partial charge in [0, 0.05) is 25.1 Å². The number of methoxy groups -OCH3 is 1. The number of benzene rings is 1. The molecule has 0 spiro atoms. The average molecular weight is 304 g/mol. The lowest BCUT2D eigenvalue weighted by atomic mass is 10.2. The molecule has 0 saturated heterocycles. The van der Waals surface area contributed by atoms with Gasteiger partial charge in [-0.25, -0.2) is 4.98 Å². The predicted molar refractivity (Wildman–Crippen MR) is 83.5 cm³/mol. The monoisotopic (exact) mass is 304 g/mol. The molecule has 1 aliphatic carbocycles. The minimum atomic E-state index is 0.510. The van der Waals surface area contributed by atoms with Crippen LogP contribution in [0.1, 0.15) is 29.1 Å². The third kappa shape index (κ3) is 4.52. The Balaban J connectivity index is 1.50. The molecule has 0 radical (unpaired) electrons. The van der Waals surface area contributed by atoms with E-state index < -0.39 is 0 Å². The zero-order valence-electron chi connectivity index (χ0n) is 12.2. The average Bonchev–Trinajstić information content (AvgIpc) is 3.22. The van der Waals surface area contributed by atoms with Crippen molar-refractivity contribution in [1.82, 2.24) is 10.3 Å². The minimum absolute atomic E-state index is 0.510. The fourth-order valence-electron chi connectivity index (χ4n) is 2.06. The quantitative estimate of drug-likeness (QED) is 0.814. The van der Waals surface area contributed by atoms with E-state index in [1.807, 2.05) is 24.3 Å². The van der Waals surface area contributed by atoms with Crippen molar-refractivity contribution in [1.29, 1.82) is 0 Å². The van der Waals surface area contributed by atoms with Crippen LogP contribution in [-0.2, 0) is 24.5 Å². The predicted octanol–water partition coefficient (Wildman–Crippen LogP) is 3.12. The van der Waals surface area contributed by atoms with Gasteiger partial charge >= 0.3 is 0 Å². The van der Waals surface area contributed by atoms with Crippen LogP contribution in [0.4, 0.5) is 0 Å². The Labute approximate surface area is 129 Å². The molecule has 3 rings (SSSR count). The van der Waals surface area contributed by atoms with Gasteiger partial charge in [0.05, 0.1) is 12.3 Å². The molecule has 21 heavy (non-hydrogen) atoms. The maximum atomic E-state index is 5.80. The summed E-state index contributed by atoms with van der Waals surface area (Å²) in [5.74, 6) is 0.857. The number of nitrogens with one attached hydrogen (secondary N) is 1. The van der Waals surface area contributed by atoms with Crippen LogP contribution in [0, 0.1) is 0 Å². The van der Waals surface area contributed by atoms with Crippen LogP contribution in [-0.4, -0.2) is 18.1 Å². The summed E-state index contributed by atoms with van der Waals surface area (Å²) in [4.78, 5) is 4.59. The molecule has 5 heteroatoms. The zero-order valence-corrected chi connectivity index (χ0v) is 13.0. The molecule has 0 amide bonds. The third-order valence-corrected chi connectivity index (χ3v) is 4.21. The third-order valence-electron chi connectivity index (χ3n) is 3.31. The number of hydrogen-bond donors (Lipinski definition) is 1. The van der Waals surface area contributed by atoms with Gasteiger partial charge in [0.2, 0.25) is 0 Å². The summed E-state index contributed by atoms with van der Waals surface area (Å²) in [7, 11) is 1.69. The summed E-state index contributed by atoms with van der Waals surface area (Å²) in [6.45, 7) is 1.99. The molecule has 1 aromatic heterocycles. The molecule has 1 aromatic carbocycles. The highest BCUT2D eigenvalue weighted by molar-refractivity contribution is 7.09. The number of aromatic nitrogens is 1. The van der Waals surface area contributed by atoms with Crippen molar-refractivity contribution >= 4 is 11.3 Å². The maximum Gasteiger partial charge on any atom is 0.131 e. The molecular weight excluding hydrogens is 284 g/mol. The van der Waals surface area contributed by atoms with Gasteiger partial charge in [0.15, 0.2) is 0 Å². The van der Waals surface area contributed by atoms with E-state index >= 15 is 0 Å². The standard InChI is InChI=1S/C16H20N2O2S/c1-19-9-12-3-2-4-15(7-12)20-10-14-11-21-16(18-14)8-17-13-5-6-13/h2-4,7,11,13,17H,5-6,8-10H2,1H3. The summed E-state index contributed by atoms with van der Waals surface area (Å²) < 4.78 is 10.9. The van der Waals surface area contributed by atoms with Gasteiger partial charge in [-0.15, -0.1) is 11.3 Å². The first-order chi connectivity index (χ1) is 10.3. The normalized spacial score (nSPS) is 14.3. The van der Waals surface area contributed by atoms with Crippen LogP contribution < -0.4 is 10.1 Å². The summed E-state index contributed by atoms with van der Waals surface area (Å²) >= 11 is 1.69. The first-order valence-corrected chi connectivity index (χ1v) is 8.09. The van der Waals surface area contributed by atoms with E-state index in [2.05, 4.69) is 15.7 Å². The summed E-state index contributed by atoms with van der Waals surface area (Å²) in [5.41, 5.74) is 2.10. The van der Waals surface area contributed by atoms with Crippen LogP contribution in [0.25, 0.3) is 0 Å². The lowest BCUT2D eigenvalue weighted by molar-refractivity contribution is 0.184. The fraction of sp³-hybridized carbons (Fsp3) is 0.438. The Morgan fingerprint density at radius 2 is 2.24 bits per heavy atom. The second-order valence-electron chi connectivity index (χ2n) is 5.26. The molecule has 1 aliphatic rings. The van der Waals surface area contributed by atoms with Crippen LogP contribution in [0.2, 0.25) is 0 Å². The van der Waals surface area contributed by atoms with Crippen molar-refractivity contribution in [2.45, 2.75) is 38.6 Å². The highest BCUT2D eigenvalue weighted by Gasteiger charge is 2.20. The number of thiazole rings is 1. The molecule has 112 valence electrons. The van der Waals surface area contributed by atoms with Gasteiger partial charge in [-0.1, -0.05) is 12.1 Å². The molecule has 0 aliphatic heterocycles. The molecular formula is C16H20N2O2S. The topological polar surface area (TPSA) is 43.4 Å². The minimum Gasteiger partial charge on any atom is -0.487 e. The van der Waals surface area contributed by atoms with Gasteiger partial charge < -0.3 is 14.8 Å². The van der Waals surface area contributed by atoms with E-state index in [4.69, 9.17) is 9.47 Å². The number of nitrogens with zero attached hydrogens (tertiary/aromatic N) is 1. The first kappa shape index (κ1) is 14.5. The van der Waals surface area contributed by atoms with Gasteiger partial charge in [-0.3, -0.25) is 0 Å². The van der Waals surface area contributed by atoms with Gasteiger partial charge in [-0.05, 0) is 30.5 Å². The van der Waals surface area contributed by atoms with Crippen LogP contribution in [0.15, 0.2) is 29.6 Å². The Kier molecular flexibility index (Phi) is 4.85. The van der Waals surface area contributed by atoms with Crippen LogP contribution >= 0.6 is 11.3 Å². The largest absolute Gasteiger partial charge is 0.487 e. The second-order valence-corrected chi connectivity index (χ2v) is 6.20. The Hall–Kier alpha value is -1.43. The van der Waals surface area contributed by atoms with Gasteiger partial charge in [-0.2, -0.15) is 0 Å². The Morgan fingerprint density at radius 3 is 3.05 bits per heavy atom. The summed E-state index contributed by atoms with van der Waals surface area (Å²) in [6.07, 6.45) is 2.61. The molecule has 1 N–H and O–H groups in total. The molecule has 1 heterocycles. The number of hydrogen-bond acceptors (Lipinski definition) is 5. The SMILES string of the molecule is COCc1cccc(OCc2csc(CNC3CC3)n2)c1.